The quantitative estimate of drug-likeness (QED) is 0.723. The Bertz CT molecular complexity index is 270. The molecule has 1 heterocycles. The van der Waals surface area contributed by atoms with Crippen LogP contribution >= 0.6 is 11.3 Å². The van der Waals surface area contributed by atoms with Gasteiger partial charge in [0.1, 0.15) is 0 Å². The van der Waals surface area contributed by atoms with E-state index in [1.807, 2.05) is 0 Å². The summed E-state index contributed by atoms with van der Waals surface area (Å²) in [5.74, 6) is 0.734. The maximum absolute atomic E-state index is 4.52. The third kappa shape index (κ3) is 4.76. The maximum atomic E-state index is 4.52. The van der Waals surface area contributed by atoms with Gasteiger partial charge in [0, 0.05) is 5.38 Å². The average molecular weight is 226 g/mol. The second-order valence-corrected chi connectivity index (χ2v) is 5.10. The molecule has 0 saturated carbocycles. The Kier molecular flexibility index (Phi) is 5.88. The van der Waals surface area contributed by atoms with Crippen molar-refractivity contribution in [2.75, 3.05) is 13.1 Å². The van der Waals surface area contributed by atoms with Gasteiger partial charge in [-0.2, -0.15) is 0 Å². The summed E-state index contributed by atoms with van der Waals surface area (Å²) in [5.41, 5.74) is 1.27. The first-order valence-electron chi connectivity index (χ1n) is 5.88. The summed E-state index contributed by atoms with van der Waals surface area (Å²) in [7, 11) is 0. The fraction of sp³-hybridized carbons (Fsp3) is 0.750. The number of nitrogens with zero attached hydrogens (tertiary/aromatic N) is 1. The third-order valence-corrected chi connectivity index (χ3v) is 3.42. The van der Waals surface area contributed by atoms with E-state index in [1.54, 1.807) is 11.3 Å². The van der Waals surface area contributed by atoms with Crippen molar-refractivity contribution < 1.29 is 0 Å². The molecule has 0 aromatic carbocycles. The van der Waals surface area contributed by atoms with Crippen molar-refractivity contribution in [1.82, 2.24) is 10.3 Å². The van der Waals surface area contributed by atoms with Gasteiger partial charge in [-0.3, -0.25) is 0 Å². The van der Waals surface area contributed by atoms with Gasteiger partial charge in [-0.15, -0.1) is 11.3 Å². The van der Waals surface area contributed by atoms with Crippen molar-refractivity contribution in [1.29, 1.82) is 0 Å². The average Bonchev–Trinajstić information content (AvgIpc) is 2.63. The number of aryl methyl sites for hydroxylation is 1. The first kappa shape index (κ1) is 12.7. The number of hydrogen-bond acceptors (Lipinski definition) is 3. The van der Waals surface area contributed by atoms with Gasteiger partial charge in [-0.1, -0.05) is 20.3 Å². The fourth-order valence-electron chi connectivity index (χ4n) is 1.64. The van der Waals surface area contributed by atoms with Crippen LogP contribution in [0.25, 0.3) is 0 Å². The summed E-state index contributed by atoms with van der Waals surface area (Å²) < 4.78 is 0. The molecule has 0 radical (unpaired) electrons. The van der Waals surface area contributed by atoms with Crippen molar-refractivity contribution in [3.8, 4) is 0 Å². The van der Waals surface area contributed by atoms with Crippen molar-refractivity contribution in [3.05, 3.63) is 16.1 Å². The van der Waals surface area contributed by atoms with Crippen LogP contribution in [0, 0.1) is 12.8 Å². The summed E-state index contributed by atoms with van der Waals surface area (Å²) in [5, 5.41) is 6.86. The number of rotatable bonds is 7. The lowest BCUT2D eigenvalue weighted by Gasteiger charge is -2.13. The smallest absolute Gasteiger partial charge is 0.0897 e. The molecule has 2 nitrogen and oxygen atoms in total. The summed E-state index contributed by atoms with van der Waals surface area (Å²) in [6, 6.07) is 0. The van der Waals surface area contributed by atoms with E-state index in [9.17, 15) is 0 Å². The van der Waals surface area contributed by atoms with E-state index in [-0.39, 0.29) is 0 Å². The SMILES string of the molecule is CCCNCC(CC)Cc1csc(C)n1. The lowest BCUT2D eigenvalue weighted by Crippen LogP contribution is -2.24. The van der Waals surface area contributed by atoms with Gasteiger partial charge in [-0.25, -0.2) is 4.98 Å². The summed E-state index contributed by atoms with van der Waals surface area (Å²) in [6.07, 6.45) is 3.57. The van der Waals surface area contributed by atoms with Crippen LogP contribution in [0.3, 0.4) is 0 Å². The second kappa shape index (κ2) is 6.96. The fourth-order valence-corrected chi connectivity index (χ4v) is 2.27. The Labute approximate surface area is 97.1 Å². The summed E-state index contributed by atoms with van der Waals surface area (Å²) in [4.78, 5) is 4.52. The molecule has 0 fully saturated rings. The molecule has 0 amide bonds. The maximum Gasteiger partial charge on any atom is 0.0897 e. The molecule has 0 aliphatic heterocycles. The minimum atomic E-state index is 0.734. The molecule has 0 aliphatic carbocycles. The number of hydrogen-bond donors (Lipinski definition) is 1. The normalized spacial score (nSPS) is 13.0. The molecule has 1 aromatic heterocycles. The molecule has 1 rings (SSSR count). The second-order valence-electron chi connectivity index (χ2n) is 4.04. The van der Waals surface area contributed by atoms with E-state index in [2.05, 4.69) is 36.5 Å². The highest BCUT2D eigenvalue weighted by Crippen LogP contribution is 2.14. The molecular weight excluding hydrogens is 204 g/mol. The Morgan fingerprint density at radius 2 is 2.27 bits per heavy atom. The molecule has 1 N–H and O–H groups in total. The molecule has 0 saturated heterocycles. The van der Waals surface area contributed by atoms with Gasteiger partial charge in [0.05, 0.1) is 10.7 Å². The van der Waals surface area contributed by atoms with Crippen LogP contribution in [-0.2, 0) is 6.42 Å². The number of thiazole rings is 1. The predicted octanol–water partition coefficient (Wildman–Crippen LogP) is 3.02. The zero-order valence-corrected chi connectivity index (χ0v) is 10.9. The molecule has 1 atom stereocenters. The van der Waals surface area contributed by atoms with Crippen LogP contribution in [0.4, 0.5) is 0 Å². The highest BCUT2D eigenvalue weighted by molar-refractivity contribution is 7.09. The molecule has 15 heavy (non-hydrogen) atoms. The van der Waals surface area contributed by atoms with Crippen LogP contribution in [0.1, 0.15) is 37.4 Å². The van der Waals surface area contributed by atoms with E-state index in [0.29, 0.717) is 0 Å². The van der Waals surface area contributed by atoms with Gasteiger partial charge < -0.3 is 5.32 Å². The van der Waals surface area contributed by atoms with Gasteiger partial charge in [0.25, 0.3) is 0 Å². The standard InChI is InChI=1S/C12H22N2S/c1-4-6-13-8-11(5-2)7-12-9-15-10(3)14-12/h9,11,13H,4-8H2,1-3H3. The highest BCUT2D eigenvalue weighted by Gasteiger charge is 2.08. The minimum absolute atomic E-state index is 0.734. The topological polar surface area (TPSA) is 24.9 Å². The zero-order valence-electron chi connectivity index (χ0n) is 10.0. The first-order valence-corrected chi connectivity index (χ1v) is 6.75. The predicted molar refractivity (Wildman–Crippen MR) is 67.5 cm³/mol. The monoisotopic (exact) mass is 226 g/mol. The number of nitrogens with one attached hydrogen (secondary N) is 1. The van der Waals surface area contributed by atoms with Gasteiger partial charge in [0.15, 0.2) is 0 Å². The molecule has 0 spiro atoms. The number of aromatic nitrogens is 1. The lowest BCUT2D eigenvalue weighted by atomic mass is 10.0. The first-order chi connectivity index (χ1) is 7.26. The molecular formula is C12H22N2S. The molecule has 0 aliphatic rings. The van der Waals surface area contributed by atoms with E-state index in [4.69, 9.17) is 0 Å². The summed E-state index contributed by atoms with van der Waals surface area (Å²) in [6.45, 7) is 8.80. The van der Waals surface area contributed by atoms with Crippen LogP contribution < -0.4 is 5.32 Å². The Balaban J connectivity index is 2.33. The van der Waals surface area contributed by atoms with Crippen molar-refractivity contribution >= 4 is 11.3 Å². The highest BCUT2D eigenvalue weighted by atomic mass is 32.1. The van der Waals surface area contributed by atoms with Crippen LogP contribution in [0.5, 0.6) is 0 Å². The molecule has 0 bridgehead atoms. The van der Waals surface area contributed by atoms with E-state index in [0.717, 1.165) is 25.4 Å². The van der Waals surface area contributed by atoms with Crippen LogP contribution in [0.2, 0.25) is 0 Å². The lowest BCUT2D eigenvalue weighted by molar-refractivity contribution is 0.457. The minimum Gasteiger partial charge on any atom is -0.316 e. The third-order valence-electron chi connectivity index (χ3n) is 2.60. The van der Waals surface area contributed by atoms with E-state index >= 15 is 0 Å². The molecule has 3 heteroatoms. The van der Waals surface area contributed by atoms with Crippen LogP contribution in [0.15, 0.2) is 5.38 Å². The molecule has 1 unspecified atom stereocenters. The van der Waals surface area contributed by atoms with Crippen molar-refractivity contribution in [2.45, 2.75) is 40.0 Å². The molecule has 1 aromatic rings. The van der Waals surface area contributed by atoms with E-state index in [1.165, 1.54) is 23.5 Å². The Morgan fingerprint density at radius 3 is 2.80 bits per heavy atom. The van der Waals surface area contributed by atoms with Crippen molar-refractivity contribution in [2.24, 2.45) is 5.92 Å². The Morgan fingerprint density at radius 1 is 1.47 bits per heavy atom. The van der Waals surface area contributed by atoms with Gasteiger partial charge in [0.2, 0.25) is 0 Å². The van der Waals surface area contributed by atoms with Crippen LogP contribution in [-0.4, -0.2) is 18.1 Å². The van der Waals surface area contributed by atoms with Crippen molar-refractivity contribution in [3.63, 3.8) is 0 Å². The zero-order chi connectivity index (χ0) is 11.1. The summed E-state index contributed by atoms with van der Waals surface area (Å²) >= 11 is 1.75. The Hall–Kier alpha value is -0.410. The largest absolute Gasteiger partial charge is 0.316 e. The van der Waals surface area contributed by atoms with E-state index < -0.39 is 0 Å². The van der Waals surface area contributed by atoms with Gasteiger partial charge in [-0.05, 0) is 38.8 Å². The molecule has 86 valence electrons. The van der Waals surface area contributed by atoms with Gasteiger partial charge >= 0.3 is 0 Å².